The molecular weight excluding hydrogens is 232 g/mol. The number of Topliss-reactive ketones (excluding diaryl/α,β-unsaturated/α-hetero) is 1. The fourth-order valence-electron chi connectivity index (χ4n) is 1.20. The molecule has 0 spiro atoms. The fourth-order valence-corrected chi connectivity index (χ4v) is 1.37. The molecule has 0 aromatic heterocycles. The highest BCUT2D eigenvalue weighted by Crippen LogP contribution is 2.20. The summed E-state index contributed by atoms with van der Waals surface area (Å²) in [7, 11) is 0. The van der Waals surface area contributed by atoms with Crippen molar-refractivity contribution in [1.29, 1.82) is 0 Å². The number of carbonyl (C=O) groups is 2. The van der Waals surface area contributed by atoms with E-state index in [1.54, 1.807) is 6.92 Å². The first-order valence-electron chi connectivity index (χ1n) is 4.67. The van der Waals surface area contributed by atoms with Gasteiger partial charge >= 0.3 is 0 Å². The number of ether oxygens (including phenoxy) is 1. The molecule has 5 nitrogen and oxygen atoms in total. The zero-order valence-electron chi connectivity index (χ0n) is 9.04. The van der Waals surface area contributed by atoms with Gasteiger partial charge in [0.05, 0.1) is 10.6 Å². The number of ketones is 1. The molecule has 3 N–H and O–H groups in total. The van der Waals surface area contributed by atoms with Gasteiger partial charge in [0.25, 0.3) is 0 Å². The molecule has 1 aliphatic rings. The molecule has 0 aliphatic carbocycles. The second kappa shape index (κ2) is 5.14. The van der Waals surface area contributed by atoms with E-state index in [-0.39, 0.29) is 18.0 Å². The minimum Gasteiger partial charge on any atom is -0.366 e. The van der Waals surface area contributed by atoms with E-state index in [2.05, 4.69) is 5.32 Å². The quantitative estimate of drug-likeness (QED) is 0.750. The van der Waals surface area contributed by atoms with Crippen LogP contribution in [-0.4, -0.2) is 24.5 Å². The fraction of sp³-hybridized carbons (Fsp3) is 0.400. The Morgan fingerprint density at radius 2 is 2.25 bits per heavy atom. The SMILES string of the molecule is CC(=O)CO[C@H]1NC(C)=C(Cl)C=C1C(N)=O. The van der Waals surface area contributed by atoms with Gasteiger partial charge in [-0.15, -0.1) is 0 Å². The summed E-state index contributed by atoms with van der Waals surface area (Å²) in [6.07, 6.45) is 0.726. The zero-order chi connectivity index (χ0) is 12.3. The van der Waals surface area contributed by atoms with Gasteiger partial charge in [-0.25, -0.2) is 0 Å². The van der Waals surface area contributed by atoms with E-state index in [9.17, 15) is 9.59 Å². The molecule has 16 heavy (non-hydrogen) atoms. The van der Waals surface area contributed by atoms with Crippen molar-refractivity contribution in [2.24, 2.45) is 5.73 Å². The third kappa shape index (κ3) is 3.08. The maximum atomic E-state index is 11.1. The first kappa shape index (κ1) is 12.7. The molecule has 0 radical (unpaired) electrons. The van der Waals surface area contributed by atoms with E-state index in [0.29, 0.717) is 10.7 Å². The predicted octanol–water partition coefficient (Wildman–Crippen LogP) is 0.403. The van der Waals surface area contributed by atoms with E-state index in [4.69, 9.17) is 22.1 Å². The highest BCUT2D eigenvalue weighted by Gasteiger charge is 2.24. The largest absolute Gasteiger partial charge is 0.366 e. The van der Waals surface area contributed by atoms with Crippen molar-refractivity contribution >= 4 is 23.3 Å². The molecule has 1 atom stereocenters. The lowest BCUT2D eigenvalue weighted by molar-refractivity contribution is -0.125. The number of amides is 1. The van der Waals surface area contributed by atoms with Gasteiger partial charge in [0.2, 0.25) is 5.91 Å². The van der Waals surface area contributed by atoms with Crippen LogP contribution in [0, 0.1) is 0 Å². The van der Waals surface area contributed by atoms with Crippen molar-refractivity contribution in [1.82, 2.24) is 5.32 Å². The summed E-state index contributed by atoms with van der Waals surface area (Å²) < 4.78 is 5.21. The Morgan fingerprint density at radius 3 is 2.75 bits per heavy atom. The average molecular weight is 245 g/mol. The lowest BCUT2D eigenvalue weighted by Crippen LogP contribution is -2.40. The van der Waals surface area contributed by atoms with Crippen molar-refractivity contribution in [2.45, 2.75) is 20.1 Å². The van der Waals surface area contributed by atoms with Crippen LogP contribution in [0.4, 0.5) is 0 Å². The maximum absolute atomic E-state index is 11.1. The number of nitrogens with one attached hydrogen (secondary N) is 1. The van der Waals surface area contributed by atoms with Gasteiger partial charge in [0.1, 0.15) is 6.61 Å². The third-order valence-corrected chi connectivity index (χ3v) is 2.40. The van der Waals surface area contributed by atoms with Crippen molar-refractivity contribution < 1.29 is 14.3 Å². The number of hydrogen-bond acceptors (Lipinski definition) is 4. The number of allylic oxidation sites excluding steroid dienone is 3. The van der Waals surface area contributed by atoms with Gasteiger partial charge in [-0.1, -0.05) is 11.6 Å². The Morgan fingerprint density at radius 1 is 1.62 bits per heavy atom. The van der Waals surface area contributed by atoms with Crippen LogP contribution in [0.1, 0.15) is 13.8 Å². The van der Waals surface area contributed by atoms with E-state index < -0.39 is 12.1 Å². The van der Waals surface area contributed by atoms with Crippen molar-refractivity contribution in [3.8, 4) is 0 Å². The normalized spacial score (nSPS) is 20.2. The van der Waals surface area contributed by atoms with Gasteiger partial charge in [0.15, 0.2) is 12.0 Å². The Kier molecular flexibility index (Phi) is 4.09. The molecule has 0 bridgehead atoms. The van der Waals surface area contributed by atoms with E-state index in [0.717, 1.165) is 0 Å². The second-order valence-corrected chi connectivity index (χ2v) is 3.88. The molecule has 1 amide bonds. The zero-order valence-corrected chi connectivity index (χ0v) is 9.80. The Balaban J connectivity index is 2.83. The second-order valence-electron chi connectivity index (χ2n) is 3.47. The molecule has 0 saturated carbocycles. The first-order chi connectivity index (χ1) is 7.41. The summed E-state index contributed by atoms with van der Waals surface area (Å²) in [6, 6.07) is 0. The average Bonchev–Trinajstić information content (AvgIpc) is 2.18. The Bertz CT molecular complexity index is 388. The minimum absolute atomic E-state index is 0.0901. The number of dihydropyridines is 1. The highest BCUT2D eigenvalue weighted by molar-refractivity contribution is 6.32. The van der Waals surface area contributed by atoms with Gasteiger partial charge in [-0.05, 0) is 19.9 Å². The van der Waals surface area contributed by atoms with Gasteiger partial charge in [0, 0.05) is 5.70 Å². The summed E-state index contributed by atoms with van der Waals surface area (Å²) in [6.45, 7) is 3.04. The maximum Gasteiger partial charge on any atom is 0.249 e. The van der Waals surface area contributed by atoms with Crippen molar-refractivity contribution in [3.63, 3.8) is 0 Å². The van der Waals surface area contributed by atoms with Crippen molar-refractivity contribution in [3.05, 3.63) is 22.4 Å². The molecule has 1 rings (SSSR count). The van der Waals surface area contributed by atoms with E-state index in [1.807, 2.05) is 0 Å². The number of carbonyl (C=O) groups excluding carboxylic acids is 2. The van der Waals surface area contributed by atoms with Crippen LogP contribution in [0.3, 0.4) is 0 Å². The summed E-state index contributed by atoms with van der Waals surface area (Å²) in [5, 5.41) is 3.26. The first-order valence-corrected chi connectivity index (χ1v) is 5.05. The Labute approximate surface area is 98.3 Å². The summed E-state index contributed by atoms with van der Waals surface area (Å²) >= 11 is 5.84. The number of nitrogens with two attached hydrogens (primary N) is 1. The van der Waals surface area contributed by atoms with Crippen LogP contribution >= 0.6 is 11.6 Å². The molecule has 0 aromatic carbocycles. The number of halogens is 1. The number of hydrogen-bond donors (Lipinski definition) is 2. The van der Waals surface area contributed by atoms with Crippen LogP contribution in [0.15, 0.2) is 22.4 Å². The van der Waals surface area contributed by atoms with Crippen LogP contribution < -0.4 is 11.1 Å². The molecule has 0 aromatic rings. The lowest BCUT2D eigenvalue weighted by Gasteiger charge is -2.25. The summed E-state index contributed by atoms with van der Waals surface area (Å²) in [5.74, 6) is -0.768. The monoisotopic (exact) mass is 244 g/mol. The molecule has 1 heterocycles. The molecule has 6 heteroatoms. The van der Waals surface area contributed by atoms with Crippen LogP contribution in [-0.2, 0) is 14.3 Å². The van der Waals surface area contributed by atoms with Gasteiger partial charge in [-0.3, -0.25) is 9.59 Å². The minimum atomic E-state index is -0.719. The smallest absolute Gasteiger partial charge is 0.249 e. The van der Waals surface area contributed by atoms with Crippen LogP contribution in [0.2, 0.25) is 0 Å². The Hall–Kier alpha value is -1.33. The summed E-state index contributed by atoms with van der Waals surface area (Å²) in [5.41, 5.74) is 6.05. The van der Waals surface area contributed by atoms with Gasteiger partial charge < -0.3 is 15.8 Å². The molecule has 0 fully saturated rings. The molecule has 0 unspecified atom stereocenters. The molecule has 0 saturated heterocycles. The van der Waals surface area contributed by atoms with E-state index in [1.165, 1.54) is 13.0 Å². The topological polar surface area (TPSA) is 81.4 Å². The third-order valence-electron chi connectivity index (χ3n) is 2.01. The highest BCUT2D eigenvalue weighted by atomic mass is 35.5. The van der Waals surface area contributed by atoms with Gasteiger partial charge in [-0.2, -0.15) is 0 Å². The molecule has 88 valence electrons. The predicted molar refractivity (Wildman–Crippen MR) is 59.4 cm³/mol. The molecule has 1 aliphatic heterocycles. The van der Waals surface area contributed by atoms with E-state index >= 15 is 0 Å². The summed E-state index contributed by atoms with van der Waals surface area (Å²) in [4.78, 5) is 21.9. The van der Waals surface area contributed by atoms with Crippen molar-refractivity contribution in [2.75, 3.05) is 6.61 Å². The number of primary amides is 1. The standard InChI is InChI=1S/C10H13ClN2O3/c1-5(14)4-16-10-7(9(12)15)3-8(11)6(2)13-10/h3,10,13H,4H2,1-2H3,(H2,12,15)/t10-/m1/s1. The lowest BCUT2D eigenvalue weighted by atomic mass is 10.1. The molecular formula is C10H13ClN2O3. The van der Waals surface area contributed by atoms with Crippen LogP contribution in [0.25, 0.3) is 0 Å². The number of rotatable bonds is 4. The van der Waals surface area contributed by atoms with Crippen LogP contribution in [0.5, 0.6) is 0 Å².